The van der Waals surface area contributed by atoms with Crippen molar-refractivity contribution >= 4 is 21.7 Å². The maximum atomic E-state index is 14.4. The zero-order chi connectivity index (χ0) is 25.5. The second kappa shape index (κ2) is 9.07. The number of aromatic nitrogens is 4. The van der Waals surface area contributed by atoms with Crippen LogP contribution in [-0.2, 0) is 16.2 Å². The van der Waals surface area contributed by atoms with Gasteiger partial charge in [0.2, 0.25) is 16.0 Å². The first-order chi connectivity index (χ1) is 16.3. The monoisotopic (exact) mass is 513 g/mol. The first-order valence-electron chi connectivity index (χ1n) is 10.6. The summed E-state index contributed by atoms with van der Waals surface area (Å²) in [4.78, 5) is 12.1. The molecule has 188 valence electrons. The molecule has 3 aromatic rings. The number of halogens is 4. The SMILES string of the molecule is Cc1nc(-c2nc(NC3CCN(S(C)(=O)=O)CC3)ncc2C(F)(F)F)cn1-c1ccc(N)cc1F. The number of nitrogens with zero attached hydrogens (tertiary/aromatic N) is 5. The van der Waals surface area contributed by atoms with Crippen LogP contribution in [0.15, 0.2) is 30.6 Å². The molecule has 3 heterocycles. The van der Waals surface area contributed by atoms with E-state index >= 15 is 0 Å². The van der Waals surface area contributed by atoms with Crippen LogP contribution in [0.5, 0.6) is 0 Å². The molecule has 1 saturated heterocycles. The van der Waals surface area contributed by atoms with Gasteiger partial charge in [0.15, 0.2) is 0 Å². The Bertz CT molecular complexity index is 1350. The predicted octanol–water partition coefficient (Wildman–Crippen LogP) is 3.21. The Hall–Kier alpha value is -3.26. The first kappa shape index (κ1) is 24.9. The number of nitrogen functional groups attached to an aromatic ring is 1. The Labute approximate surface area is 199 Å². The standard InChI is InChI=1S/C21H23F4N7O2S/c1-12-28-17(11-32(12)18-4-3-13(26)9-16(18)22)19-15(21(23,24)25)10-27-20(30-19)29-14-5-7-31(8-6-14)35(2,33)34/h3-4,9-11,14H,5-8,26H2,1-2H3,(H,27,29,30). The average molecular weight is 514 g/mol. The number of rotatable bonds is 5. The molecule has 0 spiro atoms. The lowest BCUT2D eigenvalue weighted by Crippen LogP contribution is -2.42. The summed E-state index contributed by atoms with van der Waals surface area (Å²) >= 11 is 0. The molecule has 0 atom stereocenters. The van der Waals surface area contributed by atoms with Crippen molar-refractivity contribution in [3.63, 3.8) is 0 Å². The molecular weight excluding hydrogens is 490 g/mol. The minimum Gasteiger partial charge on any atom is -0.399 e. The summed E-state index contributed by atoms with van der Waals surface area (Å²) < 4.78 is 81.7. The largest absolute Gasteiger partial charge is 0.420 e. The van der Waals surface area contributed by atoms with Gasteiger partial charge in [0.25, 0.3) is 0 Å². The van der Waals surface area contributed by atoms with Crippen molar-refractivity contribution < 1.29 is 26.0 Å². The summed E-state index contributed by atoms with van der Waals surface area (Å²) in [6, 6.07) is 3.77. The molecule has 0 bridgehead atoms. The number of aryl methyl sites for hydroxylation is 1. The quantitative estimate of drug-likeness (QED) is 0.397. The Morgan fingerprint density at radius 3 is 2.46 bits per heavy atom. The van der Waals surface area contributed by atoms with Gasteiger partial charge >= 0.3 is 6.18 Å². The first-order valence-corrected chi connectivity index (χ1v) is 12.5. The number of piperidine rings is 1. The van der Waals surface area contributed by atoms with Crippen molar-refractivity contribution in [2.45, 2.75) is 32.0 Å². The molecule has 1 aromatic carbocycles. The third kappa shape index (κ3) is 5.37. The molecule has 0 saturated carbocycles. The van der Waals surface area contributed by atoms with Crippen LogP contribution >= 0.6 is 0 Å². The Kier molecular flexibility index (Phi) is 6.44. The van der Waals surface area contributed by atoms with Crippen LogP contribution < -0.4 is 11.1 Å². The maximum Gasteiger partial charge on any atom is 0.420 e. The zero-order valence-corrected chi connectivity index (χ0v) is 19.7. The van der Waals surface area contributed by atoms with Crippen LogP contribution in [0.1, 0.15) is 24.2 Å². The van der Waals surface area contributed by atoms with E-state index in [-0.39, 0.29) is 48.0 Å². The van der Waals surface area contributed by atoms with E-state index in [2.05, 4.69) is 20.3 Å². The highest BCUT2D eigenvalue weighted by molar-refractivity contribution is 7.88. The Balaban J connectivity index is 1.66. The lowest BCUT2D eigenvalue weighted by atomic mass is 10.1. The van der Waals surface area contributed by atoms with Gasteiger partial charge in [0.1, 0.15) is 28.6 Å². The highest BCUT2D eigenvalue weighted by Crippen LogP contribution is 2.36. The fourth-order valence-electron chi connectivity index (χ4n) is 3.92. The highest BCUT2D eigenvalue weighted by Gasteiger charge is 2.36. The molecule has 0 radical (unpaired) electrons. The number of nitrogens with one attached hydrogen (secondary N) is 1. The van der Waals surface area contributed by atoms with Crippen LogP contribution in [0.3, 0.4) is 0 Å². The number of imidazole rings is 1. The van der Waals surface area contributed by atoms with E-state index in [1.54, 1.807) is 0 Å². The van der Waals surface area contributed by atoms with Gasteiger partial charge in [-0.2, -0.15) is 13.2 Å². The molecular formula is C21H23F4N7O2S. The molecule has 1 fully saturated rings. The van der Waals surface area contributed by atoms with E-state index in [1.807, 2.05) is 0 Å². The van der Waals surface area contributed by atoms with Gasteiger partial charge in [-0.05, 0) is 38.0 Å². The van der Waals surface area contributed by atoms with E-state index in [0.717, 1.165) is 12.3 Å². The van der Waals surface area contributed by atoms with Gasteiger partial charge in [-0.25, -0.2) is 32.1 Å². The molecule has 4 rings (SSSR count). The normalized spacial score (nSPS) is 15.9. The third-order valence-electron chi connectivity index (χ3n) is 5.71. The fourth-order valence-corrected chi connectivity index (χ4v) is 4.79. The van der Waals surface area contributed by atoms with Crippen LogP contribution in [0.4, 0.5) is 29.2 Å². The molecule has 0 unspecified atom stereocenters. The Morgan fingerprint density at radius 1 is 1.17 bits per heavy atom. The molecule has 0 aliphatic carbocycles. The molecule has 1 aliphatic rings. The van der Waals surface area contributed by atoms with Crippen LogP contribution in [-0.4, -0.2) is 57.6 Å². The van der Waals surface area contributed by atoms with Gasteiger partial charge in [0, 0.05) is 37.2 Å². The third-order valence-corrected chi connectivity index (χ3v) is 7.01. The van der Waals surface area contributed by atoms with E-state index < -0.39 is 33.3 Å². The van der Waals surface area contributed by atoms with E-state index in [4.69, 9.17) is 5.73 Å². The molecule has 14 heteroatoms. The number of alkyl halides is 3. The summed E-state index contributed by atoms with van der Waals surface area (Å²) in [5.41, 5.74) is 4.22. The topological polar surface area (TPSA) is 119 Å². The molecule has 0 amide bonds. The number of nitrogens with two attached hydrogens (primary N) is 1. The lowest BCUT2D eigenvalue weighted by Gasteiger charge is -2.30. The number of benzene rings is 1. The van der Waals surface area contributed by atoms with Crippen molar-refractivity contribution in [2.24, 2.45) is 0 Å². The molecule has 35 heavy (non-hydrogen) atoms. The molecule has 3 N–H and O–H groups in total. The highest BCUT2D eigenvalue weighted by atomic mass is 32.2. The van der Waals surface area contributed by atoms with Crippen molar-refractivity contribution in [1.29, 1.82) is 0 Å². The maximum absolute atomic E-state index is 14.4. The van der Waals surface area contributed by atoms with Gasteiger partial charge in [0.05, 0.1) is 11.9 Å². The number of anilines is 2. The van der Waals surface area contributed by atoms with Gasteiger partial charge in [-0.1, -0.05) is 0 Å². The van der Waals surface area contributed by atoms with Gasteiger partial charge < -0.3 is 15.6 Å². The molecule has 2 aromatic heterocycles. The van der Waals surface area contributed by atoms with Crippen molar-refractivity contribution in [3.05, 3.63) is 47.8 Å². The van der Waals surface area contributed by atoms with Crippen LogP contribution in [0.25, 0.3) is 17.1 Å². The predicted molar refractivity (Wildman–Crippen MR) is 122 cm³/mol. The minimum atomic E-state index is -4.75. The van der Waals surface area contributed by atoms with Gasteiger partial charge in [-0.3, -0.25) is 0 Å². The number of hydrogen-bond acceptors (Lipinski definition) is 7. The average Bonchev–Trinajstić information content (AvgIpc) is 3.14. The van der Waals surface area contributed by atoms with Crippen LogP contribution in [0.2, 0.25) is 0 Å². The molecule has 9 nitrogen and oxygen atoms in total. The van der Waals surface area contributed by atoms with Crippen molar-refractivity contribution in [3.8, 4) is 17.1 Å². The second-order valence-electron chi connectivity index (χ2n) is 8.29. The van der Waals surface area contributed by atoms with E-state index in [9.17, 15) is 26.0 Å². The summed E-state index contributed by atoms with van der Waals surface area (Å²) in [7, 11) is -3.31. The van der Waals surface area contributed by atoms with Crippen molar-refractivity contribution in [2.75, 3.05) is 30.4 Å². The summed E-state index contributed by atoms with van der Waals surface area (Å²) in [6.07, 6.45) is -0.791. The van der Waals surface area contributed by atoms with Gasteiger partial charge in [-0.15, -0.1) is 0 Å². The summed E-state index contributed by atoms with van der Waals surface area (Å²) in [5.74, 6) is -0.451. The van der Waals surface area contributed by atoms with Crippen molar-refractivity contribution in [1.82, 2.24) is 23.8 Å². The second-order valence-corrected chi connectivity index (χ2v) is 10.3. The lowest BCUT2D eigenvalue weighted by molar-refractivity contribution is -0.137. The van der Waals surface area contributed by atoms with E-state index in [1.165, 1.54) is 34.1 Å². The Morgan fingerprint density at radius 2 is 1.86 bits per heavy atom. The molecule has 1 aliphatic heterocycles. The number of sulfonamides is 1. The number of hydrogen-bond donors (Lipinski definition) is 2. The van der Waals surface area contributed by atoms with Crippen LogP contribution in [0, 0.1) is 12.7 Å². The smallest absolute Gasteiger partial charge is 0.399 e. The minimum absolute atomic E-state index is 0.0447. The summed E-state index contributed by atoms with van der Waals surface area (Å²) in [6.45, 7) is 2.09. The zero-order valence-electron chi connectivity index (χ0n) is 18.8. The fraction of sp³-hybridized carbons (Fsp3) is 0.381. The van der Waals surface area contributed by atoms with E-state index in [0.29, 0.717) is 19.0 Å². The summed E-state index contributed by atoms with van der Waals surface area (Å²) in [5, 5.41) is 2.99.